The molecule has 6 atom stereocenters. The van der Waals surface area contributed by atoms with Gasteiger partial charge >= 0.3 is 6.18 Å². The van der Waals surface area contributed by atoms with Crippen LogP contribution >= 0.6 is 0 Å². The summed E-state index contributed by atoms with van der Waals surface area (Å²) in [5.74, 6) is -5.41. The van der Waals surface area contributed by atoms with Crippen molar-refractivity contribution in [1.82, 2.24) is 46.1 Å². The zero-order valence-electron chi connectivity index (χ0n) is 32.6. The number of alkyl halides is 3. The van der Waals surface area contributed by atoms with Crippen LogP contribution in [0.15, 0.2) is 30.9 Å². The summed E-state index contributed by atoms with van der Waals surface area (Å²) in [5, 5.41) is 22.1. The van der Waals surface area contributed by atoms with Crippen LogP contribution in [0.25, 0.3) is 0 Å². The van der Waals surface area contributed by atoms with Crippen LogP contribution in [0, 0.1) is 11.3 Å². The average Bonchev–Trinajstić information content (AvgIpc) is 3.90. The van der Waals surface area contributed by atoms with Crippen molar-refractivity contribution in [3.8, 4) is 5.88 Å². The van der Waals surface area contributed by atoms with E-state index in [4.69, 9.17) is 4.74 Å². The van der Waals surface area contributed by atoms with Crippen LogP contribution in [0.3, 0.4) is 0 Å². The summed E-state index contributed by atoms with van der Waals surface area (Å²) >= 11 is 0. The van der Waals surface area contributed by atoms with E-state index in [2.05, 4.69) is 41.2 Å². The lowest BCUT2D eigenvalue weighted by molar-refractivity contribution is -0.145. The molecule has 0 aromatic carbocycles. The standard InChI is InChI=1S/C38H52F3N9O7/c1-5-9-24(29(51)34(55)45-22-12-13-22)46-32(53)26-18-23(57-27-14-15-44-36(47-27)38(39,40)41)20-50(26)35(56)30(37(2,3)4)49-33(54)28(21-10-7-6-8-11-21)48-31(52)25-19-42-16-17-43-25/h14-17,19,21-24,26,28-30,51H,5-13,18,20H2,1-4H3,(H,45,55)(H,46,53)(H,48,52)(H,49,54)/t23-,24?,26+,28?,29?,30?/m0/s1. The highest BCUT2D eigenvalue weighted by molar-refractivity contribution is 5.98. The number of nitrogens with zero attached hydrogens (tertiary/aromatic N) is 5. The molecule has 57 heavy (non-hydrogen) atoms. The number of halogens is 3. The quantitative estimate of drug-likeness (QED) is 0.176. The van der Waals surface area contributed by atoms with Gasteiger partial charge in [-0.05, 0) is 43.4 Å². The molecule has 2 aliphatic carbocycles. The number of aromatic nitrogens is 4. The molecular formula is C38H52F3N9O7. The third-order valence-corrected chi connectivity index (χ3v) is 10.4. The number of ether oxygens (including phenoxy) is 1. The Morgan fingerprint density at radius 3 is 2.28 bits per heavy atom. The van der Waals surface area contributed by atoms with E-state index in [1.165, 1.54) is 23.5 Å². The molecule has 5 N–H and O–H groups in total. The molecule has 2 saturated carbocycles. The SMILES string of the molecule is CCCC(NC(=O)[C@H]1C[C@H](Oc2ccnc(C(F)(F)F)n2)CN1C(=O)C(NC(=O)C(NC(=O)c1cnccn1)C1CCCCC1)C(C)(C)C)C(O)C(=O)NC1CC1. The minimum Gasteiger partial charge on any atom is -0.472 e. The van der Waals surface area contributed by atoms with Crippen molar-refractivity contribution < 1.29 is 47.0 Å². The van der Waals surface area contributed by atoms with Gasteiger partial charge in [0.25, 0.3) is 11.8 Å². The largest absolute Gasteiger partial charge is 0.472 e. The van der Waals surface area contributed by atoms with Gasteiger partial charge < -0.3 is 36.0 Å². The molecule has 5 amide bonds. The van der Waals surface area contributed by atoms with E-state index in [-0.39, 0.29) is 37.0 Å². The number of likely N-dealkylation sites (tertiary alicyclic amines) is 1. The van der Waals surface area contributed by atoms with E-state index in [1.807, 2.05) is 6.92 Å². The fraction of sp³-hybridized carbons (Fsp3) is 0.658. The molecule has 2 aromatic rings. The van der Waals surface area contributed by atoms with Crippen molar-refractivity contribution in [2.45, 2.75) is 140 Å². The Morgan fingerprint density at radius 2 is 1.67 bits per heavy atom. The van der Waals surface area contributed by atoms with Gasteiger partial charge in [-0.2, -0.15) is 18.2 Å². The molecule has 1 aliphatic heterocycles. The molecule has 3 heterocycles. The van der Waals surface area contributed by atoms with Gasteiger partial charge in [-0.25, -0.2) is 9.97 Å². The summed E-state index contributed by atoms with van der Waals surface area (Å²) < 4.78 is 46.1. The van der Waals surface area contributed by atoms with Gasteiger partial charge in [0.2, 0.25) is 29.4 Å². The van der Waals surface area contributed by atoms with Gasteiger partial charge in [0.05, 0.1) is 18.8 Å². The van der Waals surface area contributed by atoms with E-state index in [0.29, 0.717) is 19.3 Å². The molecule has 16 nitrogen and oxygen atoms in total. The maximum atomic E-state index is 14.7. The molecule has 19 heteroatoms. The molecule has 4 unspecified atom stereocenters. The molecule has 2 aromatic heterocycles. The molecule has 0 radical (unpaired) electrons. The van der Waals surface area contributed by atoms with Crippen LogP contribution in [-0.2, 0) is 25.4 Å². The van der Waals surface area contributed by atoms with Gasteiger partial charge in [0.15, 0.2) is 6.10 Å². The first-order chi connectivity index (χ1) is 27.0. The van der Waals surface area contributed by atoms with Crippen molar-refractivity contribution in [1.29, 1.82) is 0 Å². The van der Waals surface area contributed by atoms with Crippen molar-refractivity contribution in [3.63, 3.8) is 0 Å². The van der Waals surface area contributed by atoms with Crippen molar-refractivity contribution in [2.24, 2.45) is 11.3 Å². The third-order valence-electron chi connectivity index (χ3n) is 10.4. The number of amides is 5. The normalized spacial score (nSPS) is 21.1. The first-order valence-electron chi connectivity index (χ1n) is 19.5. The first kappa shape index (κ1) is 43.2. The monoisotopic (exact) mass is 803 g/mol. The lowest BCUT2D eigenvalue weighted by Gasteiger charge is -2.37. The summed E-state index contributed by atoms with van der Waals surface area (Å²) in [6, 6.07) is -3.55. The highest BCUT2D eigenvalue weighted by Gasteiger charge is 2.48. The van der Waals surface area contributed by atoms with Crippen molar-refractivity contribution >= 4 is 29.5 Å². The number of rotatable bonds is 15. The van der Waals surface area contributed by atoms with Gasteiger partial charge in [0, 0.05) is 37.1 Å². The van der Waals surface area contributed by atoms with Crippen LogP contribution < -0.4 is 26.0 Å². The molecule has 312 valence electrons. The molecule has 0 spiro atoms. The fourth-order valence-corrected chi connectivity index (χ4v) is 7.23. The minimum atomic E-state index is -4.86. The van der Waals surface area contributed by atoms with Crippen LogP contribution in [-0.4, -0.2) is 108 Å². The zero-order valence-corrected chi connectivity index (χ0v) is 32.6. The smallest absolute Gasteiger partial charge is 0.451 e. The Morgan fingerprint density at radius 1 is 0.947 bits per heavy atom. The van der Waals surface area contributed by atoms with Crippen LogP contribution in [0.2, 0.25) is 0 Å². The number of nitrogens with one attached hydrogen (secondary N) is 4. The molecule has 1 saturated heterocycles. The Bertz CT molecular complexity index is 1740. The van der Waals surface area contributed by atoms with Crippen LogP contribution in [0.4, 0.5) is 13.2 Å². The molecule has 3 aliphatic rings. The average molecular weight is 804 g/mol. The first-order valence-corrected chi connectivity index (χ1v) is 19.5. The van der Waals surface area contributed by atoms with Crippen LogP contribution in [0.5, 0.6) is 5.88 Å². The van der Waals surface area contributed by atoms with Gasteiger partial charge in [0.1, 0.15) is 29.9 Å². The second kappa shape index (κ2) is 18.5. The second-order valence-corrected chi connectivity index (χ2v) is 16.1. The molecule has 5 rings (SSSR count). The number of hydrogen-bond donors (Lipinski definition) is 5. The Hall–Kier alpha value is -4.94. The third kappa shape index (κ3) is 11.6. The summed E-state index contributed by atoms with van der Waals surface area (Å²) in [6.45, 7) is 6.67. The highest BCUT2D eigenvalue weighted by atomic mass is 19.4. The number of hydrogen-bond acceptors (Lipinski definition) is 11. The maximum absolute atomic E-state index is 14.7. The molecule has 0 bridgehead atoms. The van der Waals surface area contributed by atoms with E-state index >= 15 is 0 Å². The zero-order chi connectivity index (χ0) is 41.5. The number of aliphatic hydroxyl groups is 1. The Labute approximate surface area is 328 Å². The highest BCUT2D eigenvalue weighted by Crippen LogP contribution is 2.32. The summed E-state index contributed by atoms with van der Waals surface area (Å²) in [7, 11) is 0. The molecule has 3 fully saturated rings. The van der Waals surface area contributed by atoms with Crippen LogP contribution in [0.1, 0.15) is 108 Å². The Kier molecular flexibility index (Phi) is 14.1. The number of carbonyl (C=O) groups is 5. The van der Waals surface area contributed by atoms with Crippen molar-refractivity contribution in [3.05, 3.63) is 42.4 Å². The maximum Gasteiger partial charge on any atom is 0.451 e. The van der Waals surface area contributed by atoms with E-state index in [9.17, 15) is 42.3 Å². The Balaban J connectivity index is 1.42. The van der Waals surface area contributed by atoms with Gasteiger partial charge in [-0.15, -0.1) is 0 Å². The lowest BCUT2D eigenvalue weighted by atomic mass is 9.82. The topological polar surface area (TPSA) is 218 Å². The summed E-state index contributed by atoms with van der Waals surface area (Å²) in [5.41, 5.74) is -0.955. The fourth-order valence-electron chi connectivity index (χ4n) is 7.23. The molecular weight excluding hydrogens is 751 g/mol. The van der Waals surface area contributed by atoms with E-state index in [0.717, 1.165) is 44.4 Å². The predicted molar refractivity (Wildman–Crippen MR) is 197 cm³/mol. The summed E-state index contributed by atoms with van der Waals surface area (Å²) in [4.78, 5) is 85.1. The summed E-state index contributed by atoms with van der Waals surface area (Å²) in [6.07, 6.45) is 3.47. The lowest BCUT2D eigenvalue weighted by Crippen LogP contribution is -2.62. The predicted octanol–water partition coefficient (Wildman–Crippen LogP) is 2.47. The van der Waals surface area contributed by atoms with E-state index < -0.39 is 89.2 Å². The van der Waals surface area contributed by atoms with E-state index in [1.54, 1.807) is 20.8 Å². The van der Waals surface area contributed by atoms with Gasteiger partial charge in [-0.3, -0.25) is 29.0 Å². The second-order valence-electron chi connectivity index (χ2n) is 16.1. The van der Waals surface area contributed by atoms with Crippen molar-refractivity contribution in [2.75, 3.05) is 6.54 Å². The number of carbonyl (C=O) groups excluding carboxylic acids is 5. The minimum absolute atomic E-state index is 0.00841. The number of aliphatic hydroxyl groups excluding tert-OH is 1. The van der Waals surface area contributed by atoms with Gasteiger partial charge in [-0.1, -0.05) is 53.4 Å².